The van der Waals surface area contributed by atoms with Gasteiger partial charge in [0.1, 0.15) is 0 Å². The SMILES string of the molecule is CC(C)C(C(=O)O)n1cc(Nc2ncc(F)c(N[C@@H]3[C@@H](C(N)=O)[C@H]4C=C[C@H]3C4)n2)cn1. The third kappa shape index (κ3) is 3.94. The van der Waals surface area contributed by atoms with E-state index in [1.54, 1.807) is 13.8 Å². The van der Waals surface area contributed by atoms with Crippen LogP contribution in [0, 0.1) is 29.5 Å². The van der Waals surface area contributed by atoms with Gasteiger partial charge in [-0.1, -0.05) is 26.0 Å². The topological polar surface area (TPSA) is 148 Å². The summed E-state index contributed by atoms with van der Waals surface area (Å²) in [5.74, 6) is -2.46. The largest absolute Gasteiger partial charge is 0.480 e. The highest BCUT2D eigenvalue weighted by atomic mass is 19.1. The fourth-order valence-electron chi connectivity index (χ4n) is 4.48. The van der Waals surface area contributed by atoms with Gasteiger partial charge in [0.15, 0.2) is 17.7 Å². The molecule has 164 valence electrons. The number of carboxylic acids is 1. The van der Waals surface area contributed by atoms with Gasteiger partial charge in [0.05, 0.1) is 24.0 Å². The maximum absolute atomic E-state index is 14.4. The smallest absolute Gasteiger partial charge is 0.328 e. The molecule has 0 aliphatic heterocycles. The molecular formula is C20H24FN7O3. The third-order valence-corrected chi connectivity index (χ3v) is 5.86. The summed E-state index contributed by atoms with van der Waals surface area (Å²) in [5.41, 5.74) is 6.03. The molecule has 0 aromatic carbocycles. The molecule has 1 unspecified atom stereocenters. The third-order valence-electron chi connectivity index (χ3n) is 5.86. The Bertz CT molecular complexity index is 1040. The van der Waals surface area contributed by atoms with Gasteiger partial charge in [-0.3, -0.25) is 9.48 Å². The summed E-state index contributed by atoms with van der Waals surface area (Å²) < 4.78 is 15.7. The molecular weight excluding hydrogens is 405 g/mol. The van der Waals surface area contributed by atoms with Crippen molar-refractivity contribution in [2.24, 2.45) is 29.4 Å². The molecule has 10 nitrogen and oxygen atoms in total. The number of aromatic nitrogens is 4. The van der Waals surface area contributed by atoms with Crippen LogP contribution in [0.1, 0.15) is 26.3 Å². The molecule has 1 fully saturated rings. The number of rotatable bonds is 8. The van der Waals surface area contributed by atoms with Gasteiger partial charge in [-0.15, -0.1) is 0 Å². The number of carbonyl (C=O) groups excluding carboxylic acids is 1. The lowest BCUT2D eigenvalue weighted by Crippen LogP contribution is -2.41. The molecule has 5 atom stereocenters. The van der Waals surface area contributed by atoms with Crippen LogP contribution in [0.15, 0.2) is 30.7 Å². The van der Waals surface area contributed by atoms with Crippen LogP contribution in [0.5, 0.6) is 0 Å². The Labute approximate surface area is 177 Å². The van der Waals surface area contributed by atoms with Crippen molar-refractivity contribution >= 4 is 29.3 Å². The number of nitrogens with two attached hydrogens (primary N) is 1. The van der Waals surface area contributed by atoms with Crippen molar-refractivity contribution in [2.75, 3.05) is 10.6 Å². The minimum Gasteiger partial charge on any atom is -0.480 e. The highest BCUT2D eigenvalue weighted by Gasteiger charge is 2.47. The van der Waals surface area contributed by atoms with Crippen molar-refractivity contribution in [1.82, 2.24) is 19.7 Å². The highest BCUT2D eigenvalue weighted by Crippen LogP contribution is 2.44. The van der Waals surface area contributed by atoms with E-state index < -0.39 is 29.7 Å². The molecule has 0 spiro atoms. The fourth-order valence-corrected chi connectivity index (χ4v) is 4.48. The molecule has 2 aliphatic carbocycles. The van der Waals surface area contributed by atoms with E-state index in [-0.39, 0.29) is 35.6 Å². The van der Waals surface area contributed by atoms with Crippen molar-refractivity contribution in [3.05, 3.63) is 36.6 Å². The summed E-state index contributed by atoms with van der Waals surface area (Å²) >= 11 is 0. The first-order valence-electron chi connectivity index (χ1n) is 10.0. The summed E-state index contributed by atoms with van der Waals surface area (Å²) in [5, 5.41) is 19.5. The summed E-state index contributed by atoms with van der Waals surface area (Å²) in [4.78, 5) is 31.5. The van der Waals surface area contributed by atoms with Gasteiger partial charge < -0.3 is 21.5 Å². The lowest BCUT2D eigenvalue weighted by Gasteiger charge is -2.27. The Morgan fingerprint density at radius 3 is 2.71 bits per heavy atom. The summed E-state index contributed by atoms with van der Waals surface area (Å²) in [6, 6.07) is -1.16. The van der Waals surface area contributed by atoms with Crippen LogP contribution in [0.3, 0.4) is 0 Å². The van der Waals surface area contributed by atoms with Crippen LogP contribution in [0.4, 0.5) is 21.8 Å². The number of aliphatic carboxylic acids is 1. The number of allylic oxidation sites excluding steroid dienone is 1. The average molecular weight is 429 g/mol. The number of halogens is 1. The minimum absolute atomic E-state index is 0.0346. The van der Waals surface area contributed by atoms with E-state index >= 15 is 0 Å². The fraction of sp³-hybridized carbons (Fsp3) is 0.450. The average Bonchev–Trinajstić information content (AvgIpc) is 3.40. The summed E-state index contributed by atoms with van der Waals surface area (Å²) in [7, 11) is 0. The standard InChI is InChI=1S/C20H24FN7O3/c1-9(2)16(19(30)31)28-8-12(6-24-28)25-20-23-7-13(21)18(27-20)26-15-11-4-3-10(5-11)14(15)17(22)29/h3-4,6-11,14-16H,5H2,1-2H3,(H2,22,29)(H,30,31)(H2,23,25,26,27)/t10-,11-,14-,15-,16?/m0/s1. The number of fused-ring (bicyclic) bond motifs is 2. The second-order valence-corrected chi connectivity index (χ2v) is 8.30. The number of hydrogen-bond donors (Lipinski definition) is 4. The van der Waals surface area contributed by atoms with Crippen LogP contribution in [-0.2, 0) is 9.59 Å². The molecule has 4 rings (SSSR count). The summed E-state index contributed by atoms with van der Waals surface area (Å²) in [6.45, 7) is 3.58. The molecule has 0 saturated heterocycles. The Balaban J connectivity index is 1.52. The quantitative estimate of drug-likeness (QED) is 0.465. The van der Waals surface area contributed by atoms with Crippen LogP contribution in [-0.4, -0.2) is 42.8 Å². The van der Waals surface area contributed by atoms with Crippen molar-refractivity contribution in [3.8, 4) is 0 Å². The zero-order valence-electron chi connectivity index (χ0n) is 17.1. The van der Waals surface area contributed by atoms with E-state index in [4.69, 9.17) is 5.73 Å². The molecule has 1 saturated carbocycles. The van der Waals surface area contributed by atoms with Gasteiger partial charge in [0.2, 0.25) is 11.9 Å². The number of amides is 1. The first kappa shape index (κ1) is 20.8. The Morgan fingerprint density at radius 2 is 2.03 bits per heavy atom. The van der Waals surface area contributed by atoms with Gasteiger partial charge in [0, 0.05) is 12.2 Å². The second-order valence-electron chi connectivity index (χ2n) is 8.30. The van der Waals surface area contributed by atoms with Gasteiger partial charge >= 0.3 is 5.97 Å². The van der Waals surface area contributed by atoms with E-state index in [1.807, 2.05) is 12.2 Å². The maximum atomic E-state index is 14.4. The van der Waals surface area contributed by atoms with Crippen molar-refractivity contribution < 1.29 is 19.1 Å². The van der Waals surface area contributed by atoms with E-state index in [1.165, 1.54) is 17.1 Å². The molecule has 2 bridgehead atoms. The van der Waals surface area contributed by atoms with E-state index in [2.05, 4.69) is 25.7 Å². The number of nitrogens with zero attached hydrogens (tertiary/aromatic N) is 4. The van der Waals surface area contributed by atoms with Crippen LogP contribution in [0.2, 0.25) is 0 Å². The zero-order chi connectivity index (χ0) is 22.3. The minimum atomic E-state index is -0.988. The maximum Gasteiger partial charge on any atom is 0.328 e. The molecule has 11 heteroatoms. The predicted octanol–water partition coefficient (Wildman–Crippen LogP) is 1.93. The first-order chi connectivity index (χ1) is 14.7. The number of primary amides is 1. The summed E-state index contributed by atoms with van der Waals surface area (Å²) in [6.07, 6.45) is 8.80. The molecule has 2 aromatic rings. The van der Waals surface area contributed by atoms with E-state index in [0.29, 0.717) is 5.69 Å². The van der Waals surface area contributed by atoms with Crippen LogP contribution < -0.4 is 16.4 Å². The van der Waals surface area contributed by atoms with Crippen molar-refractivity contribution in [1.29, 1.82) is 0 Å². The van der Waals surface area contributed by atoms with Crippen molar-refractivity contribution in [2.45, 2.75) is 32.4 Å². The van der Waals surface area contributed by atoms with Gasteiger partial charge in [-0.25, -0.2) is 14.2 Å². The van der Waals surface area contributed by atoms with Gasteiger partial charge in [-0.2, -0.15) is 10.1 Å². The molecule has 5 N–H and O–H groups in total. The molecule has 2 aliphatic rings. The molecule has 1 amide bonds. The first-order valence-corrected chi connectivity index (χ1v) is 10.0. The second kappa shape index (κ2) is 7.97. The monoisotopic (exact) mass is 429 g/mol. The molecule has 31 heavy (non-hydrogen) atoms. The predicted molar refractivity (Wildman–Crippen MR) is 110 cm³/mol. The number of anilines is 3. The number of hydrogen-bond acceptors (Lipinski definition) is 7. The number of nitrogens with one attached hydrogen (secondary N) is 2. The Hall–Kier alpha value is -3.50. The van der Waals surface area contributed by atoms with E-state index in [0.717, 1.165) is 12.6 Å². The number of carbonyl (C=O) groups is 2. The van der Waals surface area contributed by atoms with E-state index in [9.17, 15) is 19.1 Å². The molecule has 2 heterocycles. The van der Waals surface area contributed by atoms with Gasteiger partial charge in [-0.05, 0) is 24.2 Å². The van der Waals surface area contributed by atoms with Gasteiger partial charge in [0.25, 0.3) is 0 Å². The molecule has 2 aromatic heterocycles. The Morgan fingerprint density at radius 1 is 1.29 bits per heavy atom. The lowest BCUT2D eigenvalue weighted by molar-refractivity contribution is -0.142. The number of carboxylic acid groups (broad SMARTS) is 1. The molecule has 0 radical (unpaired) electrons. The lowest BCUT2D eigenvalue weighted by atomic mass is 9.88. The van der Waals surface area contributed by atoms with Crippen LogP contribution in [0.25, 0.3) is 0 Å². The van der Waals surface area contributed by atoms with Crippen molar-refractivity contribution in [3.63, 3.8) is 0 Å². The normalized spacial score (nSPS) is 25.0. The van der Waals surface area contributed by atoms with Crippen LogP contribution >= 0.6 is 0 Å². The zero-order valence-corrected chi connectivity index (χ0v) is 17.1. The Kier molecular flexibility index (Phi) is 5.34. The highest BCUT2D eigenvalue weighted by molar-refractivity contribution is 5.79.